The lowest BCUT2D eigenvalue weighted by Gasteiger charge is -2.19. The molecule has 0 heteroatoms. The molecule has 0 fully saturated rings. The minimum absolute atomic E-state index is 0.211. The Balaban J connectivity index is 1.35. The largest absolute Gasteiger partial charge is 0.0622 e. The molecule has 0 spiro atoms. The number of benzene rings is 7. The van der Waals surface area contributed by atoms with Crippen LogP contribution in [0.2, 0.25) is 0 Å². The lowest BCUT2D eigenvalue weighted by molar-refractivity contribution is 0.978. The van der Waals surface area contributed by atoms with Crippen molar-refractivity contribution in [3.8, 4) is 11.1 Å². The van der Waals surface area contributed by atoms with E-state index in [4.69, 9.17) is 0 Å². The second kappa shape index (κ2) is 9.08. The summed E-state index contributed by atoms with van der Waals surface area (Å²) in [6.07, 6.45) is 0. The smallest absolute Gasteiger partial charge is 0.0339 e. The second-order valence-corrected chi connectivity index (χ2v) is 9.73. The molecule has 0 saturated heterocycles. The van der Waals surface area contributed by atoms with E-state index in [2.05, 4.69) is 152 Å². The first-order valence-corrected chi connectivity index (χ1v) is 12.9. The number of hydrogen-bond donors (Lipinski definition) is 0. The third-order valence-corrected chi connectivity index (χ3v) is 7.59. The maximum absolute atomic E-state index is 2.37. The van der Waals surface area contributed by atoms with Crippen LogP contribution in [0.15, 0.2) is 152 Å². The Morgan fingerprint density at radius 1 is 0.270 bits per heavy atom. The first-order chi connectivity index (χ1) is 18.4. The molecule has 0 bridgehead atoms. The molecule has 0 nitrogen and oxygen atoms in total. The van der Waals surface area contributed by atoms with Gasteiger partial charge in [0.2, 0.25) is 0 Å². The fourth-order valence-electron chi connectivity index (χ4n) is 5.82. The van der Waals surface area contributed by atoms with Crippen LogP contribution in [0.4, 0.5) is 0 Å². The molecule has 0 N–H and O–H groups in total. The van der Waals surface area contributed by atoms with Gasteiger partial charge in [-0.1, -0.05) is 146 Å². The van der Waals surface area contributed by atoms with Gasteiger partial charge in [-0.15, -0.1) is 0 Å². The molecule has 0 saturated carbocycles. The minimum Gasteiger partial charge on any atom is -0.0622 e. The van der Waals surface area contributed by atoms with Crippen LogP contribution >= 0.6 is 0 Å². The van der Waals surface area contributed by atoms with Crippen molar-refractivity contribution < 1.29 is 0 Å². The van der Waals surface area contributed by atoms with E-state index >= 15 is 0 Å². The summed E-state index contributed by atoms with van der Waals surface area (Å²) in [6.45, 7) is 0. The van der Waals surface area contributed by atoms with E-state index in [9.17, 15) is 0 Å². The molecule has 0 aliphatic carbocycles. The summed E-state index contributed by atoms with van der Waals surface area (Å²) >= 11 is 0. The van der Waals surface area contributed by atoms with E-state index < -0.39 is 0 Å². The molecule has 0 heterocycles. The lowest BCUT2D eigenvalue weighted by atomic mass is 9.84. The molecule has 7 aromatic carbocycles. The van der Waals surface area contributed by atoms with Gasteiger partial charge in [0.1, 0.15) is 0 Å². The monoisotopic (exact) mass is 470 g/mol. The molecular weight excluding hydrogens is 444 g/mol. The zero-order valence-electron chi connectivity index (χ0n) is 20.5. The third kappa shape index (κ3) is 3.79. The van der Waals surface area contributed by atoms with E-state index in [0.717, 1.165) is 0 Å². The topological polar surface area (TPSA) is 0 Å². The van der Waals surface area contributed by atoms with Gasteiger partial charge in [0.05, 0.1) is 0 Å². The Bertz CT molecular complexity index is 1770. The van der Waals surface area contributed by atoms with Crippen molar-refractivity contribution in [2.24, 2.45) is 0 Å². The summed E-state index contributed by atoms with van der Waals surface area (Å²) < 4.78 is 0. The molecule has 174 valence electrons. The predicted octanol–water partition coefficient (Wildman–Crippen LogP) is 9.99. The Morgan fingerprint density at radius 3 is 1.16 bits per heavy atom. The van der Waals surface area contributed by atoms with Crippen LogP contribution in [0.1, 0.15) is 22.6 Å². The summed E-state index contributed by atoms with van der Waals surface area (Å²) in [6, 6.07) is 55.2. The van der Waals surface area contributed by atoms with Gasteiger partial charge in [-0.2, -0.15) is 0 Å². The van der Waals surface area contributed by atoms with Crippen molar-refractivity contribution >= 4 is 32.3 Å². The summed E-state index contributed by atoms with van der Waals surface area (Å²) in [5, 5.41) is 7.86. The van der Waals surface area contributed by atoms with Crippen LogP contribution < -0.4 is 0 Å². The van der Waals surface area contributed by atoms with Gasteiger partial charge in [-0.3, -0.25) is 0 Å². The van der Waals surface area contributed by atoms with Gasteiger partial charge in [0, 0.05) is 5.92 Å². The first kappa shape index (κ1) is 21.6. The van der Waals surface area contributed by atoms with Crippen LogP contribution in [0.5, 0.6) is 0 Å². The number of fused-ring (bicyclic) bond motifs is 6. The van der Waals surface area contributed by atoms with Crippen molar-refractivity contribution in [2.45, 2.75) is 5.92 Å². The van der Waals surface area contributed by atoms with Crippen molar-refractivity contribution in [3.05, 3.63) is 168 Å². The molecule has 0 amide bonds. The maximum Gasteiger partial charge on any atom is 0.0339 e. The van der Waals surface area contributed by atoms with E-state index in [1.807, 2.05) is 0 Å². The minimum atomic E-state index is 0.211. The van der Waals surface area contributed by atoms with E-state index in [1.54, 1.807) is 0 Å². The Labute approximate surface area is 217 Å². The second-order valence-electron chi connectivity index (χ2n) is 9.73. The van der Waals surface area contributed by atoms with Crippen LogP contribution in [-0.2, 0) is 0 Å². The van der Waals surface area contributed by atoms with E-state index in [1.165, 1.54) is 60.1 Å². The zero-order chi connectivity index (χ0) is 24.6. The van der Waals surface area contributed by atoms with Crippen molar-refractivity contribution in [2.75, 3.05) is 0 Å². The average Bonchev–Trinajstić information content (AvgIpc) is 2.99. The quantitative estimate of drug-likeness (QED) is 0.177. The fraction of sp³-hybridized carbons (Fsp3) is 0.0270. The van der Waals surface area contributed by atoms with Crippen LogP contribution in [-0.4, -0.2) is 0 Å². The number of hydrogen-bond acceptors (Lipinski definition) is 0. The highest BCUT2D eigenvalue weighted by Gasteiger charge is 2.16. The molecular formula is C37H26. The van der Waals surface area contributed by atoms with E-state index in [0.29, 0.717) is 0 Å². The molecule has 7 aromatic rings. The van der Waals surface area contributed by atoms with E-state index in [-0.39, 0.29) is 5.92 Å². The molecule has 0 aliphatic heterocycles. The Hall–Kier alpha value is -4.68. The maximum atomic E-state index is 2.37. The third-order valence-electron chi connectivity index (χ3n) is 7.59. The molecule has 0 unspecified atom stereocenters. The SMILES string of the molecule is c1ccc(C(c2ccccc2)c2ccc(-c3ccc4c5ccccc5c5ccccc5c4c3)cc2)cc1. The predicted molar refractivity (Wildman–Crippen MR) is 158 cm³/mol. The lowest BCUT2D eigenvalue weighted by Crippen LogP contribution is -2.03. The van der Waals surface area contributed by atoms with Crippen molar-refractivity contribution in [1.29, 1.82) is 0 Å². The summed E-state index contributed by atoms with van der Waals surface area (Å²) in [7, 11) is 0. The molecule has 37 heavy (non-hydrogen) atoms. The van der Waals surface area contributed by atoms with Gasteiger partial charge in [-0.25, -0.2) is 0 Å². The Morgan fingerprint density at radius 2 is 0.649 bits per heavy atom. The summed E-state index contributed by atoms with van der Waals surface area (Å²) in [4.78, 5) is 0. The standard InChI is InChI=1S/C37H26/c1-3-11-27(12-4-1)37(28-13-5-2-6-14-28)29-21-19-26(20-22-29)30-23-24-35-33-17-8-7-15-31(33)32-16-9-10-18-34(32)36(35)25-30/h1-25,37H. The molecule has 0 aromatic heterocycles. The summed E-state index contributed by atoms with van der Waals surface area (Å²) in [5.41, 5.74) is 6.41. The summed E-state index contributed by atoms with van der Waals surface area (Å²) in [5.74, 6) is 0.211. The fourth-order valence-corrected chi connectivity index (χ4v) is 5.82. The molecule has 7 rings (SSSR count). The zero-order valence-corrected chi connectivity index (χ0v) is 20.5. The van der Waals surface area contributed by atoms with Gasteiger partial charge < -0.3 is 0 Å². The molecule has 0 aliphatic rings. The van der Waals surface area contributed by atoms with Gasteiger partial charge >= 0.3 is 0 Å². The number of rotatable bonds is 4. The van der Waals surface area contributed by atoms with Gasteiger partial charge in [-0.05, 0) is 66.2 Å². The van der Waals surface area contributed by atoms with Gasteiger partial charge in [0.15, 0.2) is 0 Å². The Kier molecular flexibility index (Phi) is 5.30. The molecule has 0 radical (unpaired) electrons. The highest BCUT2D eigenvalue weighted by molar-refractivity contribution is 6.25. The molecule has 0 atom stereocenters. The van der Waals surface area contributed by atoms with Gasteiger partial charge in [0.25, 0.3) is 0 Å². The van der Waals surface area contributed by atoms with Crippen molar-refractivity contribution in [1.82, 2.24) is 0 Å². The van der Waals surface area contributed by atoms with Crippen LogP contribution in [0.25, 0.3) is 43.4 Å². The highest BCUT2D eigenvalue weighted by Crippen LogP contribution is 2.38. The normalized spacial score (nSPS) is 11.5. The van der Waals surface area contributed by atoms with Crippen LogP contribution in [0.3, 0.4) is 0 Å². The average molecular weight is 471 g/mol. The van der Waals surface area contributed by atoms with Crippen LogP contribution in [0, 0.1) is 0 Å². The highest BCUT2D eigenvalue weighted by atomic mass is 14.2. The first-order valence-electron chi connectivity index (χ1n) is 12.9. The van der Waals surface area contributed by atoms with Crippen molar-refractivity contribution in [3.63, 3.8) is 0 Å².